The highest BCUT2D eigenvalue weighted by atomic mass is 32.1. The Bertz CT molecular complexity index is 924. The number of carbonyl (C=O) groups excluding carboxylic acids is 1. The fourth-order valence-corrected chi connectivity index (χ4v) is 3.40. The number of methoxy groups -OCH3 is 1. The Morgan fingerprint density at radius 3 is 2.71 bits per heavy atom. The number of aryl methyl sites for hydroxylation is 1. The monoisotopic (exact) mass is 396 g/mol. The van der Waals surface area contributed by atoms with Gasteiger partial charge in [-0.15, -0.1) is 11.3 Å². The van der Waals surface area contributed by atoms with E-state index in [1.54, 1.807) is 24.5 Å². The van der Waals surface area contributed by atoms with Crippen LogP contribution in [0, 0.1) is 6.92 Å². The van der Waals surface area contributed by atoms with Crippen LogP contribution < -0.4 is 15.4 Å². The van der Waals surface area contributed by atoms with Crippen LogP contribution in [0.3, 0.4) is 0 Å². The molecule has 6 nitrogen and oxygen atoms in total. The first-order valence-electron chi connectivity index (χ1n) is 8.92. The van der Waals surface area contributed by atoms with Crippen LogP contribution in [0.5, 0.6) is 5.75 Å². The highest BCUT2D eigenvalue weighted by molar-refractivity contribution is 7.13. The molecule has 0 aliphatic rings. The molecule has 2 N–H and O–H groups in total. The molecule has 0 aliphatic heterocycles. The van der Waals surface area contributed by atoms with Crippen LogP contribution >= 0.6 is 11.3 Å². The second-order valence-corrected chi connectivity index (χ2v) is 7.45. The fourth-order valence-electron chi connectivity index (χ4n) is 2.68. The molecule has 0 saturated carbocycles. The number of ether oxygens (including phenoxy) is 1. The zero-order chi connectivity index (χ0) is 19.9. The fraction of sp³-hybridized carbons (Fsp3) is 0.238. The van der Waals surface area contributed by atoms with Crippen LogP contribution in [0.25, 0.3) is 0 Å². The lowest BCUT2D eigenvalue weighted by atomic mass is 10.2. The summed E-state index contributed by atoms with van der Waals surface area (Å²) in [5, 5.41) is 9.04. The summed E-state index contributed by atoms with van der Waals surface area (Å²) in [6.45, 7) is 2.93. The summed E-state index contributed by atoms with van der Waals surface area (Å²) in [6.07, 6.45) is 0. The average molecular weight is 397 g/mol. The van der Waals surface area contributed by atoms with Gasteiger partial charge in [-0.2, -0.15) is 0 Å². The third-order valence-corrected chi connectivity index (χ3v) is 4.86. The van der Waals surface area contributed by atoms with Crippen molar-refractivity contribution in [1.82, 2.24) is 9.88 Å². The number of hydrogen-bond acceptors (Lipinski definition) is 6. The first kappa shape index (κ1) is 19.9. The summed E-state index contributed by atoms with van der Waals surface area (Å²) in [5.41, 5.74) is 3.88. The molecular weight excluding hydrogens is 372 g/mol. The van der Waals surface area contributed by atoms with Crippen LogP contribution in [0.2, 0.25) is 0 Å². The van der Waals surface area contributed by atoms with Gasteiger partial charge < -0.3 is 15.4 Å². The number of rotatable bonds is 8. The van der Waals surface area contributed by atoms with Crippen LogP contribution in [-0.2, 0) is 11.3 Å². The van der Waals surface area contributed by atoms with Gasteiger partial charge in [0.25, 0.3) is 0 Å². The number of nitrogens with zero attached hydrogens (tertiary/aromatic N) is 2. The summed E-state index contributed by atoms with van der Waals surface area (Å²) in [7, 11) is 3.50. The average Bonchev–Trinajstić information content (AvgIpc) is 3.10. The number of carbonyl (C=O) groups is 1. The van der Waals surface area contributed by atoms with E-state index in [0.29, 0.717) is 12.3 Å². The van der Waals surface area contributed by atoms with Crippen molar-refractivity contribution in [3.63, 3.8) is 0 Å². The van der Waals surface area contributed by atoms with E-state index in [9.17, 15) is 4.79 Å². The van der Waals surface area contributed by atoms with Gasteiger partial charge in [0, 0.05) is 29.4 Å². The maximum Gasteiger partial charge on any atom is 0.238 e. The number of amides is 1. The van der Waals surface area contributed by atoms with Gasteiger partial charge in [0.05, 0.1) is 19.3 Å². The minimum absolute atomic E-state index is 0.0796. The number of nitrogens with one attached hydrogen (secondary N) is 2. The normalized spacial score (nSPS) is 10.7. The van der Waals surface area contributed by atoms with E-state index in [-0.39, 0.29) is 12.5 Å². The Kier molecular flexibility index (Phi) is 6.62. The molecule has 3 aromatic rings. The lowest BCUT2D eigenvalue weighted by Gasteiger charge is -2.15. The Hall–Kier alpha value is -2.90. The molecule has 7 heteroatoms. The van der Waals surface area contributed by atoms with Crippen molar-refractivity contribution >= 4 is 33.8 Å². The molecular formula is C21H24N4O2S. The van der Waals surface area contributed by atoms with Gasteiger partial charge in [-0.3, -0.25) is 9.69 Å². The van der Waals surface area contributed by atoms with Gasteiger partial charge in [-0.05, 0) is 38.2 Å². The van der Waals surface area contributed by atoms with Crippen LogP contribution in [-0.4, -0.2) is 36.5 Å². The molecule has 0 bridgehead atoms. The molecule has 1 amide bonds. The number of aromatic nitrogens is 1. The molecule has 0 spiro atoms. The van der Waals surface area contributed by atoms with Crippen molar-refractivity contribution in [3.05, 3.63) is 65.2 Å². The van der Waals surface area contributed by atoms with Crippen LogP contribution in [0.1, 0.15) is 11.3 Å². The van der Waals surface area contributed by atoms with Gasteiger partial charge in [0.2, 0.25) is 5.91 Å². The summed E-state index contributed by atoms with van der Waals surface area (Å²) in [4.78, 5) is 18.8. The molecule has 1 heterocycles. The number of likely N-dealkylation sites (N-methyl/N-ethyl adjacent to an activating group) is 1. The molecule has 0 atom stereocenters. The van der Waals surface area contributed by atoms with Crippen molar-refractivity contribution in [2.45, 2.75) is 13.5 Å². The van der Waals surface area contributed by atoms with Gasteiger partial charge in [0.15, 0.2) is 5.13 Å². The lowest BCUT2D eigenvalue weighted by Crippen LogP contribution is -2.29. The Labute approximate surface area is 169 Å². The van der Waals surface area contributed by atoms with E-state index in [1.165, 1.54) is 5.56 Å². The summed E-state index contributed by atoms with van der Waals surface area (Å²) < 4.78 is 5.17. The smallest absolute Gasteiger partial charge is 0.238 e. The number of anilines is 3. The topological polar surface area (TPSA) is 66.5 Å². The zero-order valence-corrected chi connectivity index (χ0v) is 17.0. The van der Waals surface area contributed by atoms with Crippen molar-refractivity contribution in [2.24, 2.45) is 0 Å². The predicted molar refractivity (Wildman–Crippen MR) is 115 cm³/mol. The van der Waals surface area contributed by atoms with E-state index in [4.69, 9.17) is 4.74 Å². The van der Waals surface area contributed by atoms with E-state index in [2.05, 4.69) is 34.7 Å². The number of benzene rings is 2. The quantitative estimate of drug-likeness (QED) is 0.595. The summed E-state index contributed by atoms with van der Waals surface area (Å²) in [6, 6.07) is 15.5. The first-order valence-corrected chi connectivity index (χ1v) is 9.80. The third-order valence-electron chi connectivity index (χ3n) is 4.05. The van der Waals surface area contributed by atoms with Gasteiger partial charge in [-0.25, -0.2) is 4.98 Å². The Balaban J connectivity index is 1.50. The zero-order valence-electron chi connectivity index (χ0n) is 16.2. The highest BCUT2D eigenvalue weighted by Gasteiger charge is 2.10. The van der Waals surface area contributed by atoms with Crippen molar-refractivity contribution < 1.29 is 9.53 Å². The maximum atomic E-state index is 12.3. The second-order valence-electron chi connectivity index (χ2n) is 6.59. The first-order chi connectivity index (χ1) is 13.5. The molecule has 0 fully saturated rings. The molecule has 0 saturated heterocycles. The molecule has 28 heavy (non-hydrogen) atoms. The molecule has 3 rings (SSSR count). The number of thiazole rings is 1. The van der Waals surface area contributed by atoms with E-state index in [1.807, 2.05) is 47.7 Å². The molecule has 0 aliphatic carbocycles. The SMILES string of the molecule is COc1cccc(NC(=O)CN(C)Cc2csc(Nc3ccc(C)cc3)n2)c1. The van der Waals surface area contributed by atoms with Gasteiger partial charge >= 0.3 is 0 Å². The Morgan fingerprint density at radius 1 is 1.18 bits per heavy atom. The van der Waals surface area contributed by atoms with Crippen molar-refractivity contribution in [2.75, 3.05) is 31.3 Å². The minimum atomic E-state index is -0.0796. The highest BCUT2D eigenvalue weighted by Crippen LogP contribution is 2.22. The summed E-state index contributed by atoms with van der Waals surface area (Å²) in [5.74, 6) is 0.631. The van der Waals surface area contributed by atoms with Crippen molar-refractivity contribution in [1.29, 1.82) is 0 Å². The predicted octanol–water partition coefficient (Wildman–Crippen LogP) is 4.27. The largest absolute Gasteiger partial charge is 0.497 e. The minimum Gasteiger partial charge on any atom is -0.497 e. The molecule has 0 unspecified atom stereocenters. The maximum absolute atomic E-state index is 12.3. The molecule has 1 aromatic heterocycles. The molecule has 146 valence electrons. The third kappa shape index (κ3) is 5.80. The standard InChI is InChI=1S/C21H24N4O2S/c1-15-7-9-16(10-8-15)23-21-24-18(14-28-21)12-25(2)13-20(26)22-17-5-4-6-19(11-17)27-3/h4-11,14H,12-13H2,1-3H3,(H,22,26)(H,23,24). The second kappa shape index (κ2) is 9.34. The molecule has 0 radical (unpaired) electrons. The Morgan fingerprint density at radius 2 is 1.96 bits per heavy atom. The van der Waals surface area contributed by atoms with Crippen molar-refractivity contribution in [3.8, 4) is 5.75 Å². The summed E-state index contributed by atoms with van der Waals surface area (Å²) >= 11 is 1.55. The van der Waals surface area contributed by atoms with Gasteiger partial charge in [-0.1, -0.05) is 23.8 Å². The van der Waals surface area contributed by atoms with Gasteiger partial charge in [0.1, 0.15) is 5.75 Å². The van der Waals surface area contributed by atoms with E-state index in [0.717, 1.165) is 22.2 Å². The van der Waals surface area contributed by atoms with E-state index >= 15 is 0 Å². The number of hydrogen-bond donors (Lipinski definition) is 2. The van der Waals surface area contributed by atoms with E-state index < -0.39 is 0 Å². The lowest BCUT2D eigenvalue weighted by molar-refractivity contribution is -0.117. The van der Waals surface area contributed by atoms with Crippen LogP contribution in [0.4, 0.5) is 16.5 Å². The van der Waals surface area contributed by atoms with Crippen LogP contribution in [0.15, 0.2) is 53.9 Å². The molecule has 2 aromatic carbocycles.